The Morgan fingerprint density at radius 1 is 1.29 bits per heavy atom. The number of aromatic nitrogens is 3. The molecule has 2 aromatic rings. The SMILES string of the molecule is CCC1CCC(Cn2c(=S)[nH]c3ccc(OC)nc32)CC1. The molecule has 1 fully saturated rings. The third-order valence-corrected chi connectivity index (χ3v) is 5.11. The van der Waals surface area contributed by atoms with E-state index in [1.165, 1.54) is 32.1 Å². The normalized spacial score (nSPS) is 22.6. The van der Waals surface area contributed by atoms with Crippen molar-refractivity contribution in [3.8, 4) is 5.88 Å². The van der Waals surface area contributed by atoms with Crippen molar-refractivity contribution in [3.63, 3.8) is 0 Å². The van der Waals surface area contributed by atoms with Crippen molar-refractivity contribution in [2.45, 2.75) is 45.6 Å². The van der Waals surface area contributed by atoms with E-state index in [0.717, 1.165) is 28.4 Å². The average Bonchev–Trinajstić information content (AvgIpc) is 2.83. The van der Waals surface area contributed by atoms with Crippen molar-refractivity contribution >= 4 is 23.4 Å². The van der Waals surface area contributed by atoms with Gasteiger partial charge >= 0.3 is 0 Å². The molecule has 0 radical (unpaired) electrons. The van der Waals surface area contributed by atoms with Gasteiger partial charge in [0.25, 0.3) is 0 Å². The molecule has 2 aromatic heterocycles. The maximum Gasteiger partial charge on any atom is 0.215 e. The number of pyridine rings is 1. The van der Waals surface area contributed by atoms with Gasteiger partial charge in [-0.15, -0.1) is 0 Å². The summed E-state index contributed by atoms with van der Waals surface area (Å²) < 4.78 is 8.14. The fourth-order valence-electron chi connectivity index (χ4n) is 3.38. The van der Waals surface area contributed by atoms with Gasteiger partial charge < -0.3 is 14.3 Å². The summed E-state index contributed by atoms with van der Waals surface area (Å²) in [6, 6.07) is 3.85. The number of imidazole rings is 1. The highest BCUT2D eigenvalue weighted by Crippen LogP contribution is 2.32. The van der Waals surface area contributed by atoms with E-state index in [4.69, 9.17) is 17.0 Å². The van der Waals surface area contributed by atoms with Gasteiger partial charge in [0.15, 0.2) is 10.4 Å². The Bertz CT molecular complexity index is 668. The van der Waals surface area contributed by atoms with E-state index in [1.807, 2.05) is 12.1 Å². The number of aromatic amines is 1. The highest BCUT2D eigenvalue weighted by molar-refractivity contribution is 7.71. The molecule has 1 aliphatic carbocycles. The number of nitrogens with zero attached hydrogens (tertiary/aromatic N) is 2. The standard InChI is InChI=1S/C16H23N3OS/c1-3-11-4-6-12(7-5-11)10-19-15-13(17-16(19)21)8-9-14(18-15)20-2/h8-9,11-12H,3-7,10H2,1-2H3,(H,17,21). The molecule has 0 aliphatic heterocycles. The van der Waals surface area contributed by atoms with Gasteiger partial charge in [0.1, 0.15) is 0 Å². The molecule has 3 rings (SSSR count). The summed E-state index contributed by atoms with van der Waals surface area (Å²) in [4.78, 5) is 7.80. The van der Waals surface area contributed by atoms with E-state index >= 15 is 0 Å². The number of H-pyrrole nitrogens is 1. The van der Waals surface area contributed by atoms with Crippen LogP contribution in [0.5, 0.6) is 5.88 Å². The molecule has 1 N–H and O–H groups in total. The summed E-state index contributed by atoms with van der Waals surface area (Å²) >= 11 is 5.47. The van der Waals surface area contributed by atoms with Crippen LogP contribution < -0.4 is 4.74 Å². The van der Waals surface area contributed by atoms with E-state index in [0.29, 0.717) is 11.8 Å². The molecule has 0 unspecified atom stereocenters. The number of fused-ring (bicyclic) bond motifs is 1. The molecule has 0 spiro atoms. The van der Waals surface area contributed by atoms with Crippen molar-refractivity contribution in [1.29, 1.82) is 0 Å². The highest BCUT2D eigenvalue weighted by Gasteiger charge is 2.21. The molecule has 0 saturated heterocycles. The zero-order valence-electron chi connectivity index (χ0n) is 12.8. The Morgan fingerprint density at radius 3 is 2.67 bits per heavy atom. The minimum Gasteiger partial charge on any atom is -0.481 e. The molecule has 21 heavy (non-hydrogen) atoms. The molecule has 0 bridgehead atoms. The summed E-state index contributed by atoms with van der Waals surface area (Å²) in [5.41, 5.74) is 1.90. The summed E-state index contributed by atoms with van der Waals surface area (Å²) in [5.74, 6) is 2.28. The Morgan fingerprint density at radius 2 is 2.00 bits per heavy atom. The van der Waals surface area contributed by atoms with Crippen LogP contribution in [0.15, 0.2) is 12.1 Å². The minimum absolute atomic E-state index is 0.639. The van der Waals surface area contributed by atoms with E-state index in [1.54, 1.807) is 7.11 Å². The Hall–Kier alpha value is -1.36. The second kappa shape index (κ2) is 6.18. The van der Waals surface area contributed by atoms with Gasteiger partial charge in [-0.3, -0.25) is 0 Å². The summed E-state index contributed by atoms with van der Waals surface area (Å²) in [7, 11) is 1.64. The quantitative estimate of drug-likeness (QED) is 0.855. The first-order valence-corrected chi connectivity index (χ1v) is 8.25. The molecule has 2 heterocycles. The van der Waals surface area contributed by atoms with Gasteiger partial charge in [-0.1, -0.05) is 26.2 Å². The van der Waals surface area contributed by atoms with Crippen molar-refractivity contribution < 1.29 is 4.74 Å². The fourth-order valence-corrected chi connectivity index (χ4v) is 3.65. The largest absolute Gasteiger partial charge is 0.481 e. The number of nitrogens with one attached hydrogen (secondary N) is 1. The number of hydrogen-bond acceptors (Lipinski definition) is 3. The molecule has 1 aliphatic rings. The molecule has 4 nitrogen and oxygen atoms in total. The van der Waals surface area contributed by atoms with Gasteiger partial charge in [-0.05, 0) is 43.0 Å². The van der Waals surface area contributed by atoms with Crippen molar-refractivity contribution in [3.05, 3.63) is 16.9 Å². The zero-order chi connectivity index (χ0) is 14.8. The van der Waals surface area contributed by atoms with Crippen LogP contribution in [-0.2, 0) is 6.54 Å². The average molecular weight is 305 g/mol. The van der Waals surface area contributed by atoms with Gasteiger partial charge in [0.2, 0.25) is 5.88 Å². The number of ether oxygens (including phenoxy) is 1. The number of methoxy groups -OCH3 is 1. The molecular weight excluding hydrogens is 282 g/mol. The van der Waals surface area contributed by atoms with Crippen LogP contribution in [0.2, 0.25) is 0 Å². The van der Waals surface area contributed by atoms with Crippen LogP contribution in [0.1, 0.15) is 39.0 Å². The van der Waals surface area contributed by atoms with E-state index in [-0.39, 0.29) is 0 Å². The monoisotopic (exact) mass is 305 g/mol. The van der Waals surface area contributed by atoms with Crippen molar-refractivity contribution in [1.82, 2.24) is 14.5 Å². The number of hydrogen-bond donors (Lipinski definition) is 1. The Balaban J connectivity index is 1.83. The first-order chi connectivity index (χ1) is 10.2. The summed E-state index contributed by atoms with van der Waals surface area (Å²) in [6.45, 7) is 3.27. The van der Waals surface area contributed by atoms with Gasteiger partial charge in [0.05, 0.1) is 12.6 Å². The number of rotatable bonds is 4. The lowest BCUT2D eigenvalue weighted by atomic mass is 9.81. The predicted octanol–water partition coefficient (Wildman–Crippen LogP) is 4.32. The Labute approximate surface area is 130 Å². The third-order valence-electron chi connectivity index (χ3n) is 4.79. The third kappa shape index (κ3) is 2.98. The smallest absolute Gasteiger partial charge is 0.215 e. The maximum absolute atomic E-state index is 5.47. The molecule has 1 saturated carbocycles. The van der Waals surface area contributed by atoms with Crippen LogP contribution >= 0.6 is 12.2 Å². The van der Waals surface area contributed by atoms with Gasteiger partial charge in [0, 0.05) is 12.6 Å². The van der Waals surface area contributed by atoms with Crippen LogP contribution in [0.3, 0.4) is 0 Å². The molecule has 0 aromatic carbocycles. The minimum atomic E-state index is 0.639. The van der Waals surface area contributed by atoms with E-state index < -0.39 is 0 Å². The van der Waals surface area contributed by atoms with Crippen LogP contribution in [-0.4, -0.2) is 21.6 Å². The van der Waals surface area contributed by atoms with Gasteiger partial charge in [-0.2, -0.15) is 4.98 Å². The lowest BCUT2D eigenvalue weighted by Crippen LogP contribution is -2.19. The first-order valence-electron chi connectivity index (χ1n) is 7.84. The second-order valence-corrected chi connectivity index (χ2v) is 6.45. The highest BCUT2D eigenvalue weighted by atomic mass is 32.1. The lowest BCUT2D eigenvalue weighted by molar-refractivity contribution is 0.248. The molecule has 114 valence electrons. The maximum atomic E-state index is 5.47. The van der Waals surface area contributed by atoms with Crippen molar-refractivity contribution in [2.24, 2.45) is 11.8 Å². The second-order valence-electron chi connectivity index (χ2n) is 6.06. The van der Waals surface area contributed by atoms with E-state index in [9.17, 15) is 0 Å². The lowest BCUT2D eigenvalue weighted by Gasteiger charge is -2.28. The molecule has 5 heteroatoms. The van der Waals surface area contributed by atoms with Crippen LogP contribution in [0, 0.1) is 16.6 Å². The topological polar surface area (TPSA) is 42.8 Å². The first kappa shape index (κ1) is 14.6. The molecule has 0 atom stereocenters. The summed E-state index contributed by atoms with van der Waals surface area (Å²) in [6.07, 6.45) is 6.63. The van der Waals surface area contributed by atoms with Crippen LogP contribution in [0.25, 0.3) is 11.2 Å². The zero-order valence-corrected chi connectivity index (χ0v) is 13.6. The predicted molar refractivity (Wildman–Crippen MR) is 87.2 cm³/mol. The van der Waals surface area contributed by atoms with E-state index in [2.05, 4.69) is 21.5 Å². The molecule has 0 amide bonds. The molecular formula is C16H23N3OS. The van der Waals surface area contributed by atoms with Crippen LogP contribution in [0.4, 0.5) is 0 Å². The van der Waals surface area contributed by atoms with Crippen molar-refractivity contribution in [2.75, 3.05) is 7.11 Å². The van der Waals surface area contributed by atoms with Gasteiger partial charge in [-0.25, -0.2) is 0 Å². The summed E-state index contributed by atoms with van der Waals surface area (Å²) in [5, 5.41) is 0. The fraction of sp³-hybridized carbons (Fsp3) is 0.625. The Kier molecular flexibility index (Phi) is 4.29.